The summed E-state index contributed by atoms with van der Waals surface area (Å²) in [6, 6.07) is 21.5. The maximum absolute atomic E-state index is 11.4. The number of anilines is 3. The van der Waals surface area contributed by atoms with Crippen LogP contribution in [0.5, 0.6) is 0 Å². The van der Waals surface area contributed by atoms with E-state index in [0.717, 1.165) is 11.8 Å². The van der Waals surface area contributed by atoms with Gasteiger partial charge in [-0.25, -0.2) is 0 Å². The van der Waals surface area contributed by atoms with Gasteiger partial charge in [0.2, 0.25) is 0 Å². The number of hydrogen-bond donors (Lipinski definition) is 0. The smallest absolute Gasteiger partial charge is 0.150 e. The molecule has 0 bridgehead atoms. The predicted octanol–water partition coefficient (Wildman–Crippen LogP) is 6.25. The zero-order chi connectivity index (χ0) is 19.0. The van der Waals surface area contributed by atoms with E-state index in [1.807, 2.05) is 6.07 Å². The summed E-state index contributed by atoms with van der Waals surface area (Å²) in [5.74, 6) is 0. The number of carbonyl (C=O) groups is 1. The highest BCUT2D eigenvalue weighted by Gasteiger charge is 2.44. The first-order valence-corrected chi connectivity index (χ1v) is 9.50. The van der Waals surface area contributed by atoms with Crippen LogP contribution in [0.15, 0.2) is 60.7 Å². The molecule has 0 unspecified atom stereocenters. The van der Waals surface area contributed by atoms with Crippen LogP contribution in [0.1, 0.15) is 60.3 Å². The lowest BCUT2D eigenvalue weighted by molar-refractivity contribution is 0.112. The normalized spacial score (nSPS) is 17.6. The molecule has 0 N–H and O–H groups in total. The van der Waals surface area contributed by atoms with E-state index in [1.54, 1.807) is 0 Å². The van der Waals surface area contributed by atoms with Gasteiger partial charge in [-0.1, -0.05) is 64.1 Å². The highest BCUT2D eigenvalue weighted by molar-refractivity contribution is 5.93. The molecule has 5 rings (SSSR count). The van der Waals surface area contributed by atoms with Crippen molar-refractivity contribution < 1.29 is 4.79 Å². The molecule has 27 heavy (non-hydrogen) atoms. The molecule has 3 aromatic carbocycles. The fourth-order valence-corrected chi connectivity index (χ4v) is 4.97. The van der Waals surface area contributed by atoms with Gasteiger partial charge in [0.05, 0.1) is 17.1 Å². The van der Waals surface area contributed by atoms with E-state index < -0.39 is 0 Å². The summed E-state index contributed by atoms with van der Waals surface area (Å²) in [7, 11) is 0. The molecule has 2 heterocycles. The lowest BCUT2D eigenvalue weighted by atomic mass is 9.66. The Balaban J connectivity index is 1.94. The molecule has 0 amide bonds. The topological polar surface area (TPSA) is 20.3 Å². The van der Waals surface area contributed by atoms with Crippen LogP contribution >= 0.6 is 0 Å². The minimum absolute atomic E-state index is 0.0608. The van der Waals surface area contributed by atoms with Gasteiger partial charge in [0.1, 0.15) is 6.29 Å². The lowest BCUT2D eigenvalue weighted by Gasteiger charge is -2.49. The molecule has 0 aliphatic carbocycles. The summed E-state index contributed by atoms with van der Waals surface area (Å²) >= 11 is 0. The Kier molecular flexibility index (Phi) is 3.08. The molecule has 3 aromatic rings. The summed E-state index contributed by atoms with van der Waals surface area (Å²) in [4.78, 5) is 13.8. The molecule has 2 heteroatoms. The Morgan fingerprint density at radius 2 is 1.30 bits per heavy atom. The lowest BCUT2D eigenvalue weighted by Crippen LogP contribution is -2.38. The van der Waals surface area contributed by atoms with E-state index in [4.69, 9.17) is 0 Å². The van der Waals surface area contributed by atoms with E-state index in [2.05, 4.69) is 87.2 Å². The molecule has 0 saturated carbocycles. The number of benzene rings is 3. The second-order valence-corrected chi connectivity index (χ2v) is 8.70. The molecule has 0 fully saturated rings. The van der Waals surface area contributed by atoms with Gasteiger partial charge in [-0.2, -0.15) is 0 Å². The van der Waals surface area contributed by atoms with Crippen LogP contribution < -0.4 is 4.90 Å². The summed E-state index contributed by atoms with van der Waals surface area (Å²) < 4.78 is 0. The monoisotopic (exact) mass is 353 g/mol. The van der Waals surface area contributed by atoms with Crippen molar-refractivity contribution in [1.29, 1.82) is 0 Å². The van der Waals surface area contributed by atoms with E-state index in [0.29, 0.717) is 0 Å². The van der Waals surface area contributed by atoms with Crippen LogP contribution in [0.3, 0.4) is 0 Å². The average Bonchev–Trinajstić information content (AvgIpc) is 2.67. The molecule has 0 saturated heterocycles. The van der Waals surface area contributed by atoms with Crippen LogP contribution in [0.25, 0.3) is 0 Å². The number of rotatable bonds is 1. The van der Waals surface area contributed by atoms with Crippen LogP contribution in [0.4, 0.5) is 17.1 Å². The molecule has 134 valence electrons. The summed E-state index contributed by atoms with van der Waals surface area (Å²) in [5, 5.41) is 0. The number of fused-ring (bicyclic) bond motifs is 4. The van der Waals surface area contributed by atoms with Crippen molar-refractivity contribution >= 4 is 23.3 Å². The number of aldehydes is 1. The van der Waals surface area contributed by atoms with Gasteiger partial charge in [0, 0.05) is 16.4 Å². The number of nitrogens with zero attached hydrogens (tertiary/aromatic N) is 1. The minimum atomic E-state index is -0.168. The number of hydrogen-bond acceptors (Lipinski definition) is 2. The molecule has 2 aliphatic rings. The fourth-order valence-electron chi connectivity index (χ4n) is 4.97. The van der Waals surface area contributed by atoms with E-state index >= 15 is 0 Å². The first-order valence-electron chi connectivity index (χ1n) is 9.50. The maximum Gasteiger partial charge on any atom is 0.150 e. The van der Waals surface area contributed by atoms with Crippen molar-refractivity contribution in [2.75, 3.05) is 4.90 Å². The Morgan fingerprint density at radius 1 is 0.704 bits per heavy atom. The fraction of sp³-hybridized carbons (Fsp3) is 0.240. The van der Waals surface area contributed by atoms with Gasteiger partial charge in [-0.3, -0.25) is 4.79 Å². The van der Waals surface area contributed by atoms with Crippen molar-refractivity contribution in [3.05, 3.63) is 88.5 Å². The molecule has 0 spiro atoms. The zero-order valence-corrected chi connectivity index (χ0v) is 16.2. The third kappa shape index (κ3) is 1.93. The van der Waals surface area contributed by atoms with Crippen molar-refractivity contribution in [2.45, 2.75) is 38.5 Å². The van der Waals surface area contributed by atoms with Gasteiger partial charge in [0.25, 0.3) is 0 Å². The summed E-state index contributed by atoms with van der Waals surface area (Å²) in [6.07, 6.45) is 0.940. The second kappa shape index (κ2) is 5.10. The van der Waals surface area contributed by atoms with E-state index in [1.165, 1.54) is 39.3 Å². The van der Waals surface area contributed by atoms with E-state index in [-0.39, 0.29) is 10.8 Å². The number of carbonyl (C=O) groups excluding carboxylic acids is 1. The molecule has 0 radical (unpaired) electrons. The zero-order valence-electron chi connectivity index (χ0n) is 16.2. The van der Waals surface area contributed by atoms with Crippen molar-refractivity contribution in [1.82, 2.24) is 0 Å². The maximum atomic E-state index is 11.4. The third-order valence-electron chi connectivity index (χ3n) is 6.50. The molecule has 0 aromatic heterocycles. The molecule has 0 atom stereocenters. The van der Waals surface area contributed by atoms with Crippen molar-refractivity contribution in [3.63, 3.8) is 0 Å². The summed E-state index contributed by atoms with van der Waals surface area (Å²) in [6.45, 7) is 9.16. The largest absolute Gasteiger partial charge is 0.309 e. The molecule has 2 aliphatic heterocycles. The minimum Gasteiger partial charge on any atom is -0.309 e. The molecular formula is C25H23NO. The Labute approximate surface area is 160 Å². The Bertz CT molecular complexity index is 1110. The Hall–Kier alpha value is -2.87. The van der Waals surface area contributed by atoms with Gasteiger partial charge in [0.15, 0.2) is 0 Å². The highest BCUT2D eigenvalue weighted by Crippen LogP contribution is 2.59. The van der Waals surface area contributed by atoms with Crippen LogP contribution in [-0.4, -0.2) is 6.29 Å². The predicted molar refractivity (Wildman–Crippen MR) is 111 cm³/mol. The second-order valence-electron chi connectivity index (χ2n) is 8.70. The van der Waals surface area contributed by atoms with Gasteiger partial charge in [-0.15, -0.1) is 0 Å². The Morgan fingerprint density at radius 3 is 2.00 bits per heavy atom. The standard InChI is InChI=1S/C25H23NO/c1-24(2)17-8-5-6-11-21(17)26-22-13-12-16(15-27)14-20(22)25(3,4)19-10-7-9-18(24)23(19)26/h5-15H,1-4H3. The van der Waals surface area contributed by atoms with Crippen LogP contribution in [-0.2, 0) is 10.8 Å². The van der Waals surface area contributed by atoms with Crippen LogP contribution in [0.2, 0.25) is 0 Å². The van der Waals surface area contributed by atoms with Crippen molar-refractivity contribution in [2.24, 2.45) is 0 Å². The van der Waals surface area contributed by atoms with Gasteiger partial charge in [-0.05, 0) is 46.5 Å². The van der Waals surface area contributed by atoms with Crippen LogP contribution in [0, 0.1) is 0 Å². The first-order chi connectivity index (χ1) is 12.9. The van der Waals surface area contributed by atoms with Crippen molar-refractivity contribution in [3.8, 4) is 0 Å². The number of para-hydroxylation sites is 2. The SMILES string of the molecule is CC1(C)c2ccccc2N2c3ccc(C=O)cc3C(C)(C)c3cccc1c32. The molecule has 2 nitrogen and oxygen atoms in total. The molecular weight excluding hydrogens is 330 g/mol. The highest BCUT2D eigenvalue weighted by atomic mass is 16.1. The van der Waals surface area contributed by atoms with Gasteiger partial charge < -0.3 is 4.90 Å². The third-order valence-corrected chi connectivity index (χ3v) is 6.50. The van der Waals surface area contributed by atoms with Gasteiger partial charge >= 0.3 is 0 Å². The van der Waals surface area contributed by atoms with E-state index in [9.17, 15) is 4.79 Å². The first kappa shape index (κ1) is 16.3. The average molecular weight is 353 g/mol. The quantitative estimate of drug-likeness (QED) is 0.482. The summed E-state index contributed by atoms with van der Waals surface area (Å²) in [5.41, 5.74) is 9.42.